The fraction of sp³-hybridized carbons (Fsp3) is 0.471. The standard InChI is InChI=1S/C17H25N3O/c1-12(2)16(11-20(3)4)19-17-15-7-6-14(21-5)10-13(15)8-9-18-17/h6-10,12,16H,11H2,1-5H3,(H,18,19). The first kappa shape index (κ1) is 15.6. The van der Waals surface area contributed by atoms with Gasteiger partial charge in [-0.25, -0.2) is 4.98 Å². The molecule has 2 aromatic rings. The molecule has 1 atom stereocenters. The predicted molar refractivity (Wildman–Crippen MR) is 89.1 cm³/mol. The Hall–Kier alpha value is -1.81. The Morgan fingerprint density at radius 2 is 2.00 bits per heavy atom. The van der Waals surface area contributed by atoms with Crippen molar-refractivity contribution in [3.8, 4) is 5.75 Å². The molecule has 0 aliphatic carbocycles. The Morgan fingerprint density at radius 1 is 1.24 bits per heavy atom. The van der Waals surface area contributed by atoms with Gasteiger partial charge in [0.1, 0.15) is 11.6 Å². The molecule has 0 spiro atoms. The molecule has 4 heteroatoms. The van der Waals surface area contributed by atoms with Gasteiger partial charge in [-0.3, -0.25) is 0 Å². The van der Waals surface area contributed by atoms with Gasteiger partial charge in [0.15, 0.2) is 0 Å². The number of methoxy groups -OCH3 is 1. The maximum atomic E-state index is 5.29. The van der Waals surface area contributed by atoms with Crippen molar-refractivity contribution in [3.63, 3.8) is 0 Å². The van der Waals surface area contributed by atoms with Crippen LogP contribution >= 0.6 is 0 Å². The molecule has 0 amide bonds. The van der Waals surface area contributed by atoms with E-state index < -0.39 is 0 Å². The van der Waals surface area contributed by atoms with Crippen LogP contribution in [-0.2, 0) is 0 Å². The molecule has 1 aromatic carbocycles. The molecule has 2 rings (SSSR count). The average molecular weight is 287 g/mol. The Bertz CT molecular complexity index is 596. The highest BCUT2D eigenvalue weighted by molar-refractivity contribution is 5.92. The molecular formula is C17H25N3O. The lowest BCUT2D eigenvalue weighted by atomic mass is 10.0. The third-order valence-corrected chi connectivity index (χ3v) is 3.66. The lowest BCUT2D eigenvalue weighted by molar-refractivity contribution is 0.344. The van der Waals surface area contributed by atoms with E-state index in [0.717, 1.165) is 28.9 Å². The quantitative estimate of drug-likeness (QED) is 0.885. The molecule has 0 aliphatic rings. The first-order valence-corrected chi connectivity index (χ1v) is 7.35. The van der Waals surface area contributed by atoms with Crippen LogP contribution in [0.2, 0.25) is 0 Å². The zero-order valence-corrected chi connectivity index (χ0v) is 13.6. The van der Waals surface area contributed by atoms with Crippen molar-refractivity contribution < 1.29 is 4.74 Å². The number of ether oxygens (including phenoxy) is 1. The van der Waals surface area contributed by atoms with Gasteiger partial charge >= 0.3 is 0 Å². The maximum absolute atomic E-state index is 5.29. The number of fused-ring (bicyclic) bond motifs is 1. The zero-order chi connectivity index (χ0) is 15.4. The monoisotopic (exact) mass is 287 g/mol. The van der Waals surface area contributed by atoms with E-state index in [9.17, 15) is 0 Å². The molecule has 1 heterocycles. The lowest BCUT2D eigenvalue weighted by Gasteiger charge is -2.26. The second-order valence-electron chi connectivity index (χ2n) is 6.00. The van der Waals surface area contributed by atoms with Crippen LogP contribution in [-0.4, -0.2) is 43.7 Å². The molecular weight excluding hydrogens is 262 g/mol. The average Bonchev–Trinajstić information content (AvgIpc) is 2.45. The van der Waals surface area contributed by atoms with E-state index in [0.29, 0.717) is 12.0 Å². The number of pyridine rings is 1. The molecule has 0 bridgehead atoms. The summed E-state index contributed by atoms with van der Waals surface area (Å²) in [5, 5.41) is 5.86. The number of likely N-dealkylation sites (N-methyl/N-ethyl adjacent to an activating group) is 1. The Morgan fingerprint density at radius 3 is 2.62 bits per heavy atom. The van der Waals surface area contributed by atoms with Crippen LogP contribution in [0.1, 0.15) is 13.8 Å². The SMILES string of the molecule is COc1ccc2c(NC(CN(C)C)C(C)C)nccc2c1. The number of aromatic nitrogens is 1. The summed E-state index contributed by atoms with van der Waals surface area (Å²) >= 11 is 0. The van der Waals surface area contributed by atoms with Gasteiger partial charge in [-0.1, -0.05) is 13.8 Å². The molecule has 0 radical (unpaired) electrons. The second-order valence-corrected chi connectivity index (χ2v) is 6.00. The molecule has 4 nitrogen and oxygen atoms in total. The number of hydrogen-bond donors (Lipinski definition) is 1. The number of nitrogens with zero attached hydrogens (tertiary/aromatic N) is 2. The normalized spacial score (nSPS) is 12.9. The third-order valence-electron chi connectivity index (χ3n) is 3.66. The molecule has 0 saturated carbocycles. The van der Waals surface area contributed by atoms with Crippen molar-refractivity contribution >= 4 is 16.6 Å². The summed E-state index contributed by atoms with van der Waals surface area (Å²) in [5.41, 5.74) is 0. The van der Waals surface area contributed by atoms with Gasteiger partial charge < -0.3 is 15.0 Å². The van der Waals surface area contributed by atoms with Crippen LogP contribution in [0.25, 0.3) is 10.8 Å². The predicted octanol–water partition coefficient (Wildman–Crippen LogP) is 3.24. The van der Waals surface area contributed by atoms with Crippen molar-refractivity contribution in [2.45, 2.75) is 19.9 Å². The second kappa shape index (κ2) is 6.76. The van der Waals surface area contributed by atoms with Gasteiger partial charge in [-0.05, 0) is 49.7 Å². The van der Waals surface area contributed by atoms with E-state index >= 15 is 0 Å². The van der Waals surface area contributed by atoms with Gasteiger partial charge in [-0.15, -0.1) is 0 Å². The third kappa shape index (κ3) is 3.85. The lowest BCUT2D eigenvalue weighted by Crippen LogP contribution is -2.36. The highest BCUT2D eigenvalue weighted by atomic mass is 16.5. The molecule has 0 aliphatic heterocycles. The number of rotatable bonds is 6. The molecule has 1 aromatic heterocycles. The van der Waals surface area contributed by atoms with Gasteiger partial charge in [0.25, 0.3) is 0 Å². The van der Waals surface area contributed by atoms with Crippen LogP contribution in [0.3, 0.4) is 0 Å². The van der Waals surface area contributed by atoms with Crippen LogP contribution < -0.4 is 10.1 Å². The summed E-state index contributed by atoms with van der Waals surface area (Å²) in [6.07, 6.45) is 1.84. The fourth-order valence-corrected chi connectivity index (χ4v) is 2.39. The number of nitrogens with one attached hydrogen (secondary N) is 1. The maximum Gasteiger partial charge on any atom is 0.134 e. The van der Waals surface area contributed by atoms with Crippen molar-refractivity contribution in [2.24, 2.45) is 5.92 Å². The number of anilines is 1. The van der Waals surface area contributed by atoms with E-state index in [1.54, 1.807) is 7.11 Å². The summed E-state index contributed by atoms with van der Waals surface area (Å²) < 4.78 is 5.29. The molecule has 0 fully saturated rings. The fourth-order valence-electron chi connectivity index (χ4n) is 2.39. The van der Waals surface area contributed by atoms with Crippen molar-refractivity contribution in [1.82, 2.24) is 9.88 Å². The number of benzene rings is 1. The van der Waals surface area contributed by atoms with E-state index in [-0.39, 0.29) is 0 Å². The molecule has 21 heavy (non-hydrogen) atoms. The summed E-state index contributed by atoms with van der Waals surface area (Å²) in [6, 6.07) is 8.46. The Labute approximate surface area is 127 Å². The summed E-state index contributed by atoms with van der Waals surface area (Å²) in [5.74, 6) is 2.34. The smallest absolute Gasteiger partial charge is 0.134 e. The van der Waals surface area contributed by atoms with Gasteiger partial charge in [0, 0.05) is 24.2 Å². The van der Waals surface area contributed by atoms with Crippen LogP contribution in [0, 0.1) is 5.92 Å². The van der Waals surface area contributed by atoms with E-state index in [4.69, 9.17) is 4.74 Å². The minimum Gasteiger partial charge on any atom is -0.497 e. The molecule has 1 N–H and O–H groups in total. The highest BCUT2D eigenvalue weighted by Crippen LogP contribution is 2.26. The van der Waals surface area contributed by atoms with Gasteiger partial charge in [0.05, 0.1) is 7.11 Å². The van der Waals surface area contributed by atoms with Crippen molar-refractivity contribution in [3.05, 3.63) is 30.5 Å². The van der Waals surface area contributed by atoms with E-state index in [1.165, 1.54) is 0 Å². The van der Waals surface area contributed by atoms with E-state index in [2.05, 4.69) is 49.2 Å². The Kier molecular flexibility index (Phi) is 5.02. The molecule has 1 unspecified atom stereocenters. The number of hydrogen-bond acceptors (Lipinski definition) is 4. The van der Waals surface area contributed by atoms with Crippen LogP contribution in [0.15, 0.2) is 30.5 Å². The molecule has 0 saturated heterocycles. The summed E-state index contributed by atoms with van der Waals surface area (Å²) in [4.78, 5) is 6.72. The van der Waals surface area contributed by atoms with Crippen LogP contribution in [0.4, 0.5) is 5.82 Å². The summed E-state index contributed by atoms with van der Waals surface area (Å²) in [7, 11) is 5.88. The van der Waals surface area contributed by atoms with Crippen LogP contribution in [0.5, 0.6) is 5.75 Å². The van der Waals surface area contributed by atoms with E-state index in [1.807, 2.05) is 24.4 Å². The van der Waals surface area contributed by atoms with Crippen molar-refractivity contribution in [2.75, 3.05) is 33.1 Å². The minimum atomic E-state index is 0.361. The molecule has 114 valence electrons. The highest BCUT2D eigenvalue weighted by Gasteiger charge is 2.16. The minimum absolute atomic E-state index is 0.361. The first-order chi connectivity index (χ1) is 10.0. The topological polar surface area (TPSA) is 37.4 Å². The van der Waals surface area contributed by atoms with Crippen molar-refractivity contribution in [1.29, 1.82) is 0 Å². The van der Waals surface area contributed by atoms with Gasteiger partial charge in [-0.2, -0.15) is 0 Å². The first-order valence-electron chi connectivity index (χ1n) is 7.35. The Balaban J connectivity index is 2.32. The largest absolute Gasteiger partial charge is 0.497 e. The zero-order valence-electron chi connectivity index (χ0n) is 13.6. The van der Waals surface area contributed by atoms with Gasteiger partial charge in [0.2, 0.25) is 0 Å². The summed E-state index contributed by atoms with van der Waals surface area (Å²) in [6.45, 7) is 5.44.